The summed E-state index contributed by atoms with van der Waals surface area (Å²) >= 11 is 0. The molecule has 2 rings (SSSR count). The molecule has 0 aromatic heterocycles. The van der Waals surface area contributed by atoms with Gasteiger partial charge in [-0.1, -0.05) is 12.1 Å². The van der Waals surface area contributed by atoms with Crippen molar-refractivity contribution in [2.45, 2.75) is 12.5 Å². The summed E-state index contributed by atoms with van der Waals surface area (Å²) in [5, 5.41) is 0. The smallest absolute Gasteiger partial charge is 0.246 e. The van der Waals surface area contributed by atoms with Gasteiger partial charge < -0.3 is 15.4 Å². The summed E-state index contributed by atoms with van der Waals surface area (Å²) < 4.78 is 5.27. The standard InChI is InChI=1S/C14H18N2O2/c1-16(13-8-9-18-10-13)14(17)7-4-11-2-5-12(15)6-3-11/h2-7,13H,8-10,15H2,1H3/b7-4+. The lowest BCUT2D eigenvalue weighted by Crippen LogP contribution is -2.36. The topological polar surface area (TPSA) is 55.6 Å². The van der Waals surface area contributed by atoms with Crippen molar-refractivity contribution < 1.29 is 9.53 Å². The van der Waals surface area contributed by atoms with Crippen molar-refractivity contribution in [1.29, 1.82) is 0 Å². The van der Waals surface area contributed by atoms with Gasteiger partial charge in [0.25, 0.3) is 0 Å². The average Bonchev–Trinajstić information content (AvgIpc) is 2.90. The summed E-state index contributed by atoms with van der Waals surface area (Å²) in [5.74, 6) is 0.00215. The number of rotatable bonds is 3. The Bertz CT molecular complexity index is 434. The summed E-state index contributed by atoms with van der Waals surface area (Å²) in [6.07, 6.45) is 4.30. The molecule has 1 aromatic rings. The van der Waals surface area contributed by atoms with Crippen LogP contribution in [0.2, 0.25) is 0 Å². The Morgan fingerprint density at radius 2 is 2.17 bits per heavy atom. The van der Waals surface area contributed by atoms with Gasteiger partial charge >= 0.3 is 0 Å². The van der Waals surface area contributed by atoms with Gasteiger partial charge in [0.05, 0.1) is 12.6 Å². The first kappa shape index (κ1) is 12.6. The zero-order valence-corrected chi connectivity index (χ0v) is 10.5. The number of hydrogen-bond acceptors (Lipinski definition) is 3. The Morgan fingerprint density at radius 1 is 1.44 bits per heavy atom. The number of carbonyl (C=O) groups excluding carboxylic acids is 1. The first-order chi connectivity index (χ1) is 8.66. The van der Waals surface area contributed by atoms with Crippen LogP contribution in [-0.4, -0.2) is 37.1 Å². The average molecular weight is 246 g/mol. The van der Waals surface area contributed by atoms with Crippen LogP contribution in [0.5, 0.6) is 0 Å². The molecule has 1 amide bonds. The first-order valence-corrected chi connectivity index (χ1v) is 6.05. The lowest BCUT2D eigenvalue weighted by molar-refractivity contribution is -0.126. The van der Waals surface area contributed by atoms with Gasteiger partial charge in [0.1, 0.15) is 0 Å². The highest BCUT2D eigenvalue weighted by atomic mass is 16.5. The highest BCUT2D eigenvalue weighted by molar-refractivity contribution is 5.91. The van der Waals surface area contributed by atoms with Crippen molar-refractivity contribution in [3.8, 4) is 0 Å². The fourth-order valence-electron chi connectivity index (χ4n) is 1.90. The molecular weight excluding hydrogens is 228 g/mol. The predicted molar refractivity (Wildman–Crippen MR) is 71.9 cm³/mol. The van der Waals surface area contributed by atoms with Crippen LogP contribution in [-0.2, 0) is 9.53 Å². The van der Waals surface area contributed by atoms with Gasteiger partial charge in [-0.15, -0.1) is 0 Å². The van der Waals surface area contributed by atoms with E-state index in [0.717, 1.165) is 24.3 Å². The van der Waals surface area contributed by atoms with E-state index >= 15 is 0 Å². The second-order valence-corrected chi connectivity index (χ2v) is 4.47. The number of amides is 1. The van der Waals surface area contributed by atoms with Gasteiger partial charge in [0, 0.05) is 25.4 Å². The van der Waals surface area contributed by atoms with E-state index in [2.05, 4.69) is 0 Å². The van der Waals surface area contributed by atoms with Gasteiger partial charge in [-0.05, 0) is 30.2 Å². The number of nitrogens with zero attached hydrogens (tertiary/aromatic N) is 1. The van der Waals surface area contributed by atoms with Crippen LogP contribution in [0.4, 0.5) is 5.69 Å². The van der Waals surface area contributed by atoms with E-state index in [1.54, 1.807) is 17.1 Å². The zero-order valence-electron chi connectivity index (χ0n) is 10.5. The zero-order chi connectivity index (χ0) is 13.0. The molecule has 1 aliphatic heterocycles. The second-order valence-electron chi connectivity index (χ2n) is 4.47. The molecule has 0 spiro atoms. The number of likely N-dealkylation sites (N-methyl/N-ethyl adjacent to an activating group) is 1. The molecule has 0 bridgehead atoms. The van der Waals surface area contributed by atoms with Crippen LogP contribution in [0, 0.1) is 0 Å². The molecule has 4 heteroatoms. The van der Waals surface area contributed by atoms with Crippen LogP contribution in [0.25, 0.3) is 6.08 Å². The third-order valence-corrected chi connectivity index (χ3v) is 3.16. The molecule has 1 aromatic carbocycles. The van der Waals surface area contributed by atoms with Gasteiger partial charge in [0.2, 0.25) is 5.91 Å². The third-order valence-electron chi connectivity index (χ3n) is 3.16. The minimum absolute atomic E-state index is 0.00215. The van der Waals surface area contributed by atoms with Gasteiger partial charge in [-0.2, -0.15) is 0 Å². The van der Waals surface area contributed by atoms with Gasteiger partial charge in [0.15, 0.2) is 0 Å². The maximum absolute atomic E-state index is 11.9. The molecule has 0 saturated carbocycles. The number of nitrogens with two attached hydrogens (primary N) is 1. The van der Waals surface area contributed by atoms with E-state index in [4.69, 9.17) is 10.5 Å². The normalized spacial score (nSPS) is 19.3. The maximum atomic E-state index is 11.9. The Kier molecular flexibility index (Phi) is 3.99. The molecule has 1 aliphatic rings. The molecule has 4 nitrogen and oxygen atoms in total. The number of carbonyl (C=O) groups is 1. The van der Waals surface area contributed by atoms with Crippen molar-refractivity contribution in [3.63, 3.8) is 0 Å². The monoisotopic (exact) mass is 246 g/mol. The fraction of sp³-hybridized carbons (Fsp3) is 0.357. The quantitative estimate of drug-likeness (QED) is 0.650. The molecule has 1 atom stereocenters. The molecule has 0 radical (unpaired) electrons. The van der Waals surface area contributed by atoms with E-state index in [1.807, 2.05) is 31.3 Å². The van der Waals surface area contributed by atoms with Crippen molar-refractivity contribution in [3.05, 3.63) is 35.9 Å². The lowest BCUT2D eigenvalue weighted by atomic mass is 10.2. The Labute approximate surface area is 107 Å². The predicted octanol–water partition coefficient (Wildman–Crippen LogP) is 1.53. The highest BCUT2D eigenvalue weighted by Crippen LogP contribution is 2.12. The van der Waals surface area contributed by atoms with Crippen LogP contribution in [0.1, 0.15) is 12.0 Å². The third kappa shape index (κ3) is 3.11. The summed E-state index contributed by atoms with van der Waals surface area (Å²) in [7, 11) is 1.81. The Hall–Kier alpha value is -1.81. The first-order valence-electron chi connectivity index (χ1n) is 6.05. The van der Waals surface area contributed by atoms with Gasteiger partial charge in [-0.25, -0.2) is 0 Å². The SMILES string of the molecule is CN(C(=O)/C=C/c1ccc(N)cc1)C1CCOC1. The molecular formula is C14H18N2O2. The van der Waals surface area contributed by atoms with Crippen molar-refractivity contribution >= 4 is 17.7 Å². The molecule has 18 heavy (non-hydrogen) atoms. The second kappa shape index (κ2) is 5.69. The number of benzene rings is 1. The van der Waals surface area contributed by atoms with E-state index in [0.29, 0.717) is 6.61 Å². The molecule has 1 heterocycles. The summed E-state index contributed by atoms with van der Waals surface area (Å²) in [5.41, 5.74) is 7.29. The van der Waals surface area contributed by atoms with E-state index in [1.165, 1.54) is 0 Å². The molecule has 2 N–H and O–H groups in total. The van der Waals surface area contributed by atoms with E-state index in [9.17, 15) is 4.79 Å². The molecule has 96 valence electrons. The van der Waals surface area contributed by atoms with Crippen LogP contribution < -0.4 is 5.73 Å². The summed E-state index contributed by atoms with van der Waals surface area (Å²) in [6.45, 7) is 1.38. The van der Waals surface area contributed by atoms with Crippen molar-refractivity contribution in [1.82, 2.24) is 4.90 Å². The Morgan fingerprint density at radius 3 is 2.78 bits per heavy atom. The lowest BCUT2D eigenvalue weighted by Gasteiger charge is -2.21. The number of ether oxygens (including phenoxy) is 1. The summed E-state index contributed by atoms with van der Waals surface area (Å²) in [4.78, 5) is 13.7. The van der Waals surface area contributed by atoms with E-state index < -0.39 is 0 Å². The maximum Gasteiger partial charge on any atom is 0.246 e. The number of anilines is 1. The number of hydrogen-bond donors (Lipinski definition) is 1. The molecule has 0 aliphatic carbocycles. The molecule has 1 fully saturated rings. The summed E-state index contributed by atoms with van der Waals surface area (Å²) in [6, 6.07) is 7.61. The minimum Gasteiger partial charge on any atom is -0.399 e. The molecule has 1 saturated heterocycles. The van der Waals surface area contributed by atoms with E-state index in [-0.39, 0.29) is 11.9 Å². The Balaban J connectivity index is 1.95. The van der Waals surface area contributed by atoms with Crippen LogP contribution in [0.15, 0.2) is 30.3 Å². The van der Waals surface area contributed by atoms with Crippen LogP contribution in [0.3, 0.4) is 0 Å². The van der Waals surface area contributed by atoms with Gasteiger partial charge in [-0.3, -0.25) is 4.79 Å². The minimum atomic E-state index is 0.00215. The highest BCUT2D eigenvalue weighted by Gasteiger charge is 2.22. The van der Waals surface area contributed by atoms with Crippen LogP contribution >= 0.6 is 0 Å². The largest absolute Gasteiger partial charge is 0.399 e. The fourth-order valence-corrected chi connectivity index (χ4v) is 1.90. The number of nitrogen functional groups attached to an aromatic ring is 1. The van der Waals surface area contributed by atoms with Crippen molar-refractivity contribution in [2.75, 3.05) is 26.0 Å². The molecule has 1 unspecified atom stereocenters. The van der Waals surface area contributed by atoms with Crippen molar-refractivity contribution in [2.24, 2.45) is 0 Å².